The van der Waals surface area contributed by atoms with Crippen LogP contribution in [0.1, 0.15) is 43.2 Å². The van der Waals surface area contributed by atoms with E-state index in [4.69, 9.17) is 9.47 Å². The number of ether oxygens (including phenoxy) is 2. The average molecular weight is 537 g/mol. The maximum atomic E-state index is 13.7. The van der Waals surface area contributed by atoms with Crippen LogP contribution in [0.25, 0.3) is 0 Å². The van der Waals surface area contributed by atoms with E-state index in [1.807, 2.05) is 18.7 Å². The van der Waals surface area contributed by atoms with Gasteiger partial charge in [0.15, 0.2) is 0 Å². The number of hydrogen-bond donors (Lipinski definition) is 0. The van der Waals surface area contributed by atoms with E-state index in [-0.39, 0.29) is 25.2 Å². The average Bonchev–Trinajstić information content (AvgIpc) is 2.88. The van der Waals surface area contributed by atoms with Gasteiger partial charge >= 0.3 is 0 Å². The Labute approximate surface area is 222 Å². The van der Waals surface area contributed by atoms with Gasteiger partial charge in [0.1, 0.15) is 12.4 Å². The molecule has 4 rings (SSSR count). The van der Waals surface area contributed by atoms with Crippen molar-refractivity contribution < 1.29 is 22.7 Å². The first kappa shape index (κ1) is 28.3. The quantitative estimate of drug-likeness (QED) is 0.503. The van der Waals surface area contributed by atoms with Crippen molar-refractivity contribution in [2.45, 2.75) is 62.9 Å². The third kappa shape index (κ3) is 6.65. The van der Waals surface area contributed by atoms with E-state index in [1.165, 1.54) is 12.8 Å². The van der Waals surface area contributed by atoms with Crippen LogP contribution in [0.2, 0.25) is 0 Å². The molecule has 3 aliphatic heterocycles. The Balaban J connectivity index is 1.30. The molecule has 1 amide bonds. The van der Waals surface area contributed by atoms with Gasteiger partial charge < -0.3 is 19.3 Å². The largest absolute Gasteiger partial charge is 0.497 e. The van der Waals surface area contributed by atoms with Crippen molar-refractivity contribution in [1.82, 2.24) is 19.0 Å². The number of piperazine rings is 1. The van der Waals surface area contributed by atoms with Gasteiger partial charge in [-0.05, 0) is 82.9 Å². The second-order valence-electron chi connectivity index (χ2n) is 10.8. The molecule has 1 aromatic rings. The number of piperidine rings is 2. The number of carbonyl (C=O) groups excluding carboxylic acids is 1. The van der Waals surface area contributed by atoms with Crippen LogP contribution < -0.4 is 4.74 Å². The molecule has 208 valence electrons. The highest BCUT2D eigenvalue weighted by molar-refractivity contribution is 7.89. The Morgan fingerprint density at radius 1 is 0.946 bits per heavy atom. The zero-order valence-electron chi connectivity index (χ0n) is 22.9. The van der Waals surface area contributed by atoms with Gasteiger partial charge in [-0.25, -0.2) is 8.42 Å². The molecule has 37 heavy (non-hydrogen) atoms. The smallest absolute Gasteiger partial charge is 0.248 e. The first-order valence-electron chi connectivity index (χ1n) is 13.7. The Hall–Kier alpha value is -1.72. The van der Waals surface area contributed by atoms with E-state index in [2.05, 4.69) is 16.8 Å². The van der Waals surface area contributed by atoms with Gasteiger partial charge in [0.25, 0.3) is 0 Å². The SMILES string of the molecule is COc1cc(C)c(S(=O)(=O)N2CCCC[C@@H]2COCC(=O)N2CCN(C3CCN(C)CC3)CC2)c(C)c1. The third-order valence-electron chi connectivity index (χ3n) is 8.22. The summed E-state index contributed by atoms with van der Waals surface area (Å²) in [7, 11) is 0.0619. The zero-order valence-corrected chi connectivity index (χ0v) is 23.8. The lowest BCUT2D eigenvalue weighted by molar-refractivity contribution is -0.138. The van der Waals surface area contributed by atoms with Crippen LogP contribution in [-0.2, 0) is 19.6 Å². The minimum absolute atomic E-state index is 0.000791. The zero-order chi connectivity index (χ0) is 26.6. The van der Waals surface area contributed by atoms with Gasteiger partial charge in [-0.15, -0.1) is 0 Å². The molecular formula is C27H44N4O5S. The number of likely N-dealkylation sites (tertiary alicyclic amines) is 1. The molecule has 3 saturated heterocycles. The first-order chi connectivity index (χ1) is 17.7. The van der Waals surface area contributed by atoms with Crippen molar-refractivity contribution in [3.8, 4) is 5.75 Å². The van der Waals surface area contributed by atoms with E-state index < -0.39 is 10.0 Å². The highest BCUT2D eigenvalue weighted by Crippen LogP contribution is 2.32. The molecule has 3 heterocycles. The summed E-state index contributed by atoms with van der Waals surface area (Å²) in [4.78, 5) is 20.0. The van der Waals surface area contributed by atoms with Gasteiger partial charge in [0.05, 0.1) is 18.6 Å². The normalized spacial score (nSPS) is 23.4. The Bertz CT molecular complexity index is 1010. The number of carbonyl (C=O) groups is 1. The molecule has 1 atom stereocenters. The standard InChI is InChI=1S/C27H44N4O5S/c1-21-17-25(35-4)18-22(2)27(21)37(33,34)31-10-6-5-7-24(31)19-36-20-26(32)30-15-13-29(14-16-30)23-8-11-28(3)12-9-23/h17-18,23-24H,5-16,19-20H2,1-4H3/t24-/m1/s1. The molecule has 0 unspecified atom stereocenters. The van der Waals surface area contributed by atoms with Gasteiger partial charge in [-0.2, -0.15) is 4.31 Å². The topological polar surface area (TPSA) is 82.6 Å². The number of hydrogen-bond acceptors (Lipinski definition) is 7. The van der Waals surface area contributed by atoms with Crippen LogP contribution in [0, 0.1) is 13.8 Å². The minimum atomic E-state index is -3.70. The Kier molecular flexibility index (Phi) is 9.50. The molecule has 0 saturated carbocycles. The molecule has 9 nitrogen and oxygen atoms in total. The predicted molar refractivity (Wildman–Crippen MR) is 143 cm³/mol. The van der Waals surface area contributed by atoms with Gasteiger partial charge in [-0.1, -0.05) is 6.42 Å². The maximum Gasteiger partial charge on any atom is 0.248 e. The molecule has 3 fully saturated rings. The van der Waals surface area contributed by atoms with Crippen LogP contribution in [0.3, 0.4) is 0 Å². The van der Waals surface area contributed by atoms with Crippen LogP contribution in [-0.4, -0.2) is 119 Å². The summed E-state index contributed by atoms with van der Waals surface area (Å²) in [6.07, 6.45) is 4.91. The lowest BCUT2D eigenvalue weighted by Gasteiger charge is -2.42. The van der Waals surface area contributed by atoms with Gasteiger partial charge in [0.2, 0.25) is 15.9 Å². The molecule has 0 spiro atoms. The summed E-state index contributed by atoms with van der Waals surface area (Å²) in [5.41, 5.74) is 1.35. The van der Waals surface area contributed by atoms with Crippen molar-refractivity contribution in [3.05, 3.63) is 23.3 Å². The lowest BCUT2D eigenvalue weighted by Crippen LogP contribution is -2.54. The molecule has 0 aromatic heterocycles. The number of sulfonamides is 1. The second-order valence-corrected chi connectivity index (χ2v) is 12.6. The molecule has 0 radical (unpaired) electrons. The summed E-state index contributed by atoms with van der Waals surface area (Å²) in [6, 6.07) is 3.89. The van der Waals surface area contributed by atoms with Crippen LogP contribution in [0.4, 0.5) is 0 Å². The summed E-state index contributed by atoms with van der Waals surface area (Å²) < 4.78 is 40.2. The number of nitrogens with zero attached hydrogens (tertiary/aromatic N) is 4. The Morgan fingerprint density at radius 3 is 2.22 bits per heavy atom. The van der Waals surface area contributed by atoms with Crippen molar-refractivity contribution >= 4 is 15.9 Å². The van der Waals surface area contributed by atoms with E-state index in [9.17, 15) is 13.2 Å². The molecule has 3 aliphatic rings. The molecule has 0 N–H and O–H groups in total. The number of methoxy groups -OCH3 is 1. The summed E-state index contributed by atoms with van der Waals surface area (Å²) in [5, 5.41) is 0. The monoisotopic (exact) mass is 536 g/mol. The highest BCUT2D eigenvalue weighted by Gasteiger charge is 2.36. The number of rotatable bonds is 8. The van der Waals surface area contributed by atoms with Crippen molar-refractivity contribution in [2.24, 2.45) is 0 Å². The van der Waals surface area contributed by atoms with E-state index in [1.54, 1.807) is 23.5 Å². The van der Waals surface area contributed by atoms with Crippen LogP contribution >= 0.6 is 0 Å². The van der Waals surface area contributed by atoms with Crippen LogP contribution in [0.15, 0.2) is 17.0 Å². The maximum absolute atomic E-state index is 13.7. The first-order valence-corrected chi connectivity index (χ1v) is 15.1. The lowest BCUT2D eigenvalue weighted by atomic mass is 10.0. The van der Waals surface area contributed by atoms with E-state index in [0.29, 0.717) is 34.4 Å². The van der Waals surface area contributed by atoms with Crippen molar-refractivity contribution in [1.29, 1.82) is 0 Å². The van der Waals surface area contributed by atoms with E-state index in [0.717, 1.165) is 58.5 Å². The summed E-state index contributed by atoms with van der Waals surface area (Å²) in [5.74, 6) is 0.647. The van der Waals surface area contributed by atoms with E-state index >= 15 is 0 Å². The molecule has 0 aliphatic carbocycles. The molecule has 0 bridgehead atoms. The van der Waals surface area contributed by atoms with Gasteiger partial charge in [0, 0.05) is 44.8 Å². The summed E-state index contributed by atoms with van der Waals surface area (Å²) in [6.45, 7) is 9.88. The summed E-state index contributed by atoms with van der Waals surface area (Å²) >= 11 is 0. The second kappa shape index (κ2) is 12.4. The molecule has 10 heteroatoms. The van der Waals surface area contributed by atoms with Gasteiger partial charge in [-0.3, -0.25) is 9.69 Å². The number of benzene rings is 1. The number of aryl methyl sites for hydroxylation is 2. The fourth-order valence-corrected chi connectivity index (χ4v) is 8.17. The van der Waals surface area contributed by atoms with Crippen molar-refractivity contribution in [2.75, 3.05) is 73.2 Å². The fourth-order valence-electron chi connectivity index (χ4n) is 6.08. The van der Waals surface area contributed by atoms with Crippen LogP contribution in [0.5, 0.6) is 5.75 Å². The predicted octanol–water partition coefficient (Wildman–Crippen LogP) is 2.11. The van der Waals surface area contributed by atoms with Crippen molar-refractivity contribution in [3.63, 3.8) is 0 Å². The Morgan fingerprint density at radius 2 is 1.59 bits per heavy atom. The highest BCUT2D eigenvalue weighted by atomic mass is 32.2. The minimum Gasteiger partial charge on any atom is -0.497 e. The molecular weight excluding hydrogens is 492 g/mol. The number of amides is 1. The third-order valence-corrected chi connectivity index (χ3v) is 10.5. The molecule has 1 aromatic carbocycles. The fraction of sp³-hybridized carbons (Fsp3) is 0.741.